The van der Waals surface area contributed by atoms with Crippen molar-refractivity contribution in [2.45, 2.75) is 25.8 Å². The zero-order chi connectivity index (χ0) is 9.19. The maximum atomic E-state index is 12.1. The molecule has 0 aliphatic carbocycles. The molecule has 1 saturated heterocycles. The average Bonchev–Trinajstić information content (AvgIpc) is 1.92. The number of hydrogen-bond acceptors (Lipinski definition) is 2. The van der Waals surface area contributed by atoms with Gasteiger partial charge in [-0.25, -0.2) is 8.78 Å². The van der Waals surface area contributed by atoms with Crippen LogP contribution < -0.4 is 0 Å². The second-order valence-electron chi connectivity index (χ2n) is 3.70. The van der Waals surface area contributed by atoms with Crippen LogP contribution in [0.1, 0.15) is 13.8 Å². The molecule has 12 heavy (non-hydrogen) atoms. The van der Waals surface area contributed by atoms with E-state index in [1.807, 2.05) is 30.5 Å². The molecule has 0 bridgehead atoms. The molecule has 1 heterocycles. The summed E-state index contributed by atoms with van der Waals surface area (Å²) in [7, 11) is 0. The molecule has 1 fully saturated rings. The lowest BCUT2D eigenvalue weighted by atomic mass is 10.1. The van der Waals surface area contributed by atoms with E-state index in [-0.39, 0.29) is 12.1 Å². The van der Waals surface area contributed by atoms with Crippen LogP contribution in [0.2, 0.25) is 0 Å². The maximum Gasteiger partial charge on any atom is 0.251 e. The van der Waals surface area contributed by atoms with Crippen LogP contribution in [-0.2, 0) is 0 Å². The number of hydrogen-bond donors (Lipinski definition) is 0. The van der Waals surface area contributed by atoms with Gasteiger partial charge in [0.25, 0.3) is 6.43 Å². The number of thioether (sulfide) groups is 1. The molecule has 1 rings (SSSR count). The number of alkyl halides is 2. The van der Waals surface area contributed by atoms with Crippen LogP contribution in [-0.4, -0.2) is 41.5 Å². The third-order valence-corrected chi connectivity index (χ3v) is 3.56. The summed E-state index contributed by atoms with van der Waals surface area (Å²) in [6.45, 7) is 4.78. The Bertz CT molecular complexity index is 150. The van der Waals surface area contributed by atoms with Gasteiger partial charge < -0.3 is 0 Å². The third-order valence-electron chi connectivity index (χ3n) is 2.18. The van der Waals surface area contributed by atoms with Gasteiger partial charge in [0, 0.05) is 23.6 Å². The molecule has 0 unspecified atom stereocenters. The third kappa shape index (κ3) is 2.59. The standard InChI is InChI=1S/C8H15F2NS/c1-8(2)6-12-4-3-11(8)5-7(9)10/h7H,3-6H2,1-2H3. The van der Waals surface area contributed by atoms with Crippen molar-refractivity contribution in [3.63, 3.8) is 0 Å². The summed E-state index contributed by atoms with van der Waals surface area (Å²) in [6, 6.07) is 0. The maximum absolute atomic E-state index is 12.1. The molecule has 0 amide bonds. The smallest absolute Gasteiger partial charge is 0.251 e. The lowest BCUT2D eigenvalue weighted by Gasteiger charge is -2.41. The van der Waals surface area contributed by atoms with Gasteiger partial charge in [-0.15, -0.1) is 0 Å². The summed E-state index contributed by atoms with van der Waals surface area (Å²) in [6.07, 6.45) is -2.20. The SMILES string of the molecule is CC1(C)CSCCN1CC(F)F. The van der Waals surface area contributed by atoms with Crippen molar-refractivity contribution in [2.75, 3.05) is 24.6 Å². The fourth-order valence-corrected chi connectivity index (χ4v) is 2.57. The van der Waals surface area contributed by atoms with Gasteiger partial charge in [0.15, 0.2) is 0 Å². The van der Waals surface area contributed by atoms with Gasteiger partial charge in [-0.3, -0.25) is 4.90 Å². The summed E-state index contributed by atoms with van der Waals surface area (Å²) < 4.78 is 24.2. The summed E-state index contributed by atoms with van der Waals surface area (Å²) in [5.41, 5.74) is -0.0562. The van der Waals surface area contributed by atoms with Crippen molar-refractivity contribution in [3.05, 3.63) is 0 Å². The Morgan fingerprint density at radius 2 is 2.17 bits per heavy atom. The fourth-order valence-electron chi connectivity index (χ4n) is 1.40. The van der Waals surface area contributed by atoms with E-state index in [0.717, 1.165) is 18.1 Å². The number of nitrogens with zero attached hydrogens (tertiary/aromatic N) is 1. The lowest BCUT2D eigenvalue weighted by Crippen LogP contribution is -2.51. The molecule has 0 atom stereocenters. The Kier molecular flexibility index (Phi) is 3.35. The predicted molar refractivity (Wildman–Crippen MR) is 49.0 cm³/mol. The number of rotatable bonds is 2. The van der Waals surface area contributed by atoms with Crippen molar-refractivity contribution in [1.29, 1.82) is 0 Å². The Morgan fingerprint density at radius 3 is 2.67 bits per heavy atom. The van der Waals surface area contributed by atoms with E-state index >= 15 is 0 Å². The van der Waals surface area contributed by atoms with E-state index in [1.165, 1.54) is 0 Å². The van der Waals surface area contributed by atoms with Gasteiger partial charge >= 0.3 is 0 Å². The highest BCUT2D eigenvalue weighted by molar-refractivity contribution is 7.99. The first-order chi connectivity index (χ1) is 5.52. The normalized spacial score (nSPS) is 24.8. The predicted octanol–water partition coefficient (Wildman–Crippen LogP) is 2.08. The largest absolute Gasteiger partial charge is 0.291 e. The first-order valence-corrected chi connectivity index (χ1v) is 5.29. The molecule has 0 saturated carbocycles. The molecule has 0 aromatic carbocycles. The summed E-state index contributed by atoms with van der Waals surface area (Å²) in [5.74, 6) is 1.94. The first-order valence-electron chi connectivity index (χ1n) is 4.13. The van der Waals surface area contributed by atoms with Gasteiger partial charge in [0.1, 0.15) is 0 Å². The minimum atomic E-state index is -2.20. The molecule has 0 aromatic rings. The van der Waals surface area contributed by atoms with Gasteiger partial charge in [0.2, 0.25) is 0 Å². The Labute approximate surface area is 76.5 Å². The van der Waals surface area contributed by atoms with Crippen molar-refractivity contribution in [1.82, 2.24) is 4.90 Å². The molecular formula is C8H15F2NS. The van der Waals surface area contributed by atoms with Gasteiger partial charge in [-0.1, -0.05) is 0 Å². The van der Waals surface area contributed by atoms with Gasteiger partial charge in [-0.2, -0.15) is 11.8 Å². The van der Waals surface area contributed by atoms with E-state index in [2.05, 4.69) is 0 Å². The summed E-state index contributed by atoms with van der Waals surface area (Å²) in [4.78, 5) is 1.88. The molecule has 4 heteroatoms. The van der Waals surface area contributed by atoms with E-state index in [9.17, 15) is 8.78 Å². The van der Waals surface area contributed by atoms with Crippen LogP contribution in [0.15, 0.2) is 0 Å². The number of halogens is 2. The molecular weight excluding hydrogens is 180 g/mol. The Balaban J connectivity index is 2.48. The molecule has 1 nitrogen and oxygen atoms in total. The first kappa shape index (κ1) is 10.3. The highest BCUT2D eigenvalue weighted by atomic mass is 32.2. The lowest BCUT2D eigenvalue weighted by molar-refractivity contribution is 0.0447. The Hall–Kier alpha value is 0.170. The van der Waals surface area contributed by atoms with Crippen LogP contribution in [0.4, 0.5) is 8.78 Å². The molecule has 0 spiro atoms. The van der Waals surface area contributed by atoms with Gasteiger partial charge in [-0.05, 0) is 13.8 Å². The van der Waals surface area contributed by atoms with Gasteiger partial charge in [0.05, 0.1) is 6.54 Å². The van der Waals surface area contributed by atoms with Crippen molar-refractivity contribution >= 4 is 11.8 Å². The van der Waals surface area contributed by atoms with Crippen LogP contribution in [0.5, 0.6) is 0 Å². The van der Waals surface area contributed by atoms with Crippen LogP contribution in [0, 0.1) is 0 Å². The van der Waals surface area contributed by atoms with E-state index in [4.69, 9.17) is 0 Å². The van der Waals surface area contributed by atoms with E-state index < -0.39 is 6.43 Å². The molecule has 72 valence electrons. The van der Waals surface area contributed by atoms with E-state index in [1.54, 1.807) is 0 Å². The Morgan fingerprint density at radius 1 is 1.50 bits per heavy atom. The zero-order valence-corrected chi connectivity index (χ0v) is 8.33. The van der Waals surface area contributed by atoms with Crippen LogP contribution in [0.3, 0.4) is 0 Å². The molecule has 1 aliphatic rings. The van der Waals surface area contributed by atoms with Crippen molar-refractivity contribution in [2.24, 2.45) is 0 Å². The zero-order valence-electron chi connectivity index (χ0n) is 7.52. The van der Waals surface area contributed by atoms with E-state index in [0.29, 0.717) is 0 Å². The minimum Gasteiger partial charge on any atom is -0.291 e. The minimum absolute atomic E-state index is 0.0562. The summed E-state index contributed by atoms with van der Waals surface area (Å²) >= 11 is 1.85. The highest BCUT2D eigenvalue weighted by Crippen LogP contribution is 2.26. The molecule has 0 radical (unpaired) electrons. The molecule has 0 aromatic heterocycles. The second-order valence-corrected chi connectivity index (χ2v) is 4.81. The van der Waals surface area contributed by atoms with Crippen LogP contribution in [0.25, 0.3) is 0 Å². The molecule has 1 aliphatic heterocycles. The van der Waals surface area contributed by atoms with Crippen molar-refractivity contribution in [3.8, 4) is 0 Å². The van der Waals surface area contributed by atoms with Crippen molar-refractivity contribution < 1.29 is 8.78 Å². The summed E-state index contributed by atoms with van der Waals surface area (Å²) in [5, 5.41) is 0. The second kappa shape index (κ2) is 3.92. The monoisotopic (exact) mass is 195 g/mol. The highest BCUT2D eigenvalue weighted by Gasteiger charge is 2.31. The molecule has 0 N–H and O–H groups in total. The topological polar surface area (TPSA) is 3.24 Å². The van der Waals surface area contributed by atoms with Crippen LogP contribution >= 0.6 is 11.8 Å². The fraction of sp³-hybridized carbons (Fsp3) is 1.00. The quantitative estimate of drug-likeness (QED) is 0.663. The average molecular weight is 195 g/mol.